The zero-order valence-corrected chi connectivity index (χ0v) is 8.38. The zero-order chi connectivity index (χ0) is 11.0. The largest absolute Gasteiger partial charge is 0.507 e. The number of hydrogen-bond donors (Lipinski definition) is 2. The van der Waals surface area contributed by atoms with Crippen molar-refractivity contribution >= 4 is 5.91 Å². The van der Waals surface area contributed by atoms with E-state index in [2.05, 4.69) is 5.32 Å². The smallest absolute Gasteiger partial charge is 0.257 e. The second-order valence-electron chi connectivity index (χ2n) is 3.72. The first-order valence-electron chi connectivity index (χ1n) is 4.88. The highest BCUT2D eigenvalue weighted by atomic mass is 19.1. The molecule has 0 spiro atoms. The van der Waals surface area contributed by atoms with Gasteiger partial charge >= 0.3 is 0 Å². The molecule has 2 N–H and O–H groups in total. The van der Waals surface area contributed by atoms with E-state index in [9.17, 15) is 14.3 Å². The third kappa shape index (κ3) is 1.67. The molecule has 4 heteroatoms. The van der Waals surface area contributed by atoms with Gasteiger partial charge in [0.1, 0.15) is 17.1 Å². The summed E-state index contributed by atoms with van der Waals surface area (Å²) in [6, 6.07) is 2.93. The van der Waals surface area contributed by atoms with Gasteiger partial charge in [0.15, 0.2) is 0 Å². The van der Waals surface area contributed by atoms with Crippen LogP contribution in [0.4, 0.5) is 4.39 Å². The molecule has 1 aliphatic carbocycles. The van der Waals surface area contributed by atoms with E-state index in [-0.39, 0.29) is 17.2 Å². The van der Waals surface area contributed by atoms with Crippen LogP contribution in [0.25, 0.3) is 0 Å². The van der Waals surface area contributed by atoms with E-state index < -0.39 is 11.7 Å². The fourth-order valence-corrected chi connectivity index (χ4v) is 1.63. The molecular weight excluding hydrogens is 197 g/mol. The molecule has 2 rings (SSSR count). The number of amides is 1. The van der Waals surface area contributed by atoms with Gasteiger partial charge in [-0.2, -0.15) is 0 Å². The Labute approximate surface area is 86.9 Å². The van der Waals surface area contributed by atoms with Crippen LogP contribution < -0.4 is 5.32 Å². The van der Waals surface area contributed by atoms with Crippen LogP contribution in [0, 0.1) is 5.82 Å². The van der Waals surface area contributed by atoms with Gasteiger partial charge < -0.3 is 10.4 Å². The zero-order valence-electron chi connectivity index (χ0n) is 8.38. The van der Waals surface area contributed by atoms with Crippen molar-refractivity contribution < 1.29 is 14.3 Å². The topological polar surface area (TPSA) is 49.3 Å². The van der Waals surface area contributed by atoms with Crippen LogP contribution in [-0.4, -0.2) is 18.1 Å². The van der Waals surface area contributed by atoms with E-state index in [0.717, 1.165) is 12.8 Å². The Morgan fingerprint density at radius 1 is 1.53 bits per heavy atom. The van der Waals surface area contributed by atoms with E-state index in [1.807, 2.05) is 0 Å². The molecule has 3 nitrogen and oxygen atoms in total. The maximum absolute atomic E-state index is 13.8. The van der Waals surface area contributed by atoms with Gasteiger partial charge in [0.05, 0.1) is 0 Å². The maximum Gasteiger partial charge on any atom is 0.257 e. The molecule has 0 heterocycles. The lowest BCUT2D eigenvalue weighted by Gasteiger charge is -2.08. The third-order valence-corrected chi connectivity index (χ3v) is 2.62. The minimum absolute atomic E-state index is 0.217. The van der Waals surface area contributed by atoms with Gasteiger partial charge in [-0.05, 0) is 30.4 Å². The molecule has 0 aliphatic heterocycles. The summed E-state index contributed by atoms with van der Waals surface area (Å²) in [7, 11) is 1.41. The Hall–Kier alpha value is -1.58. The number of aromatic hydroxyl groups is 1. The van der Waals surface area contributed by atoms with Gasteiger partial charge in [-0.3, -0.25) is 4.79 Å². The minimum atomic E-state index is -0.590. The van der Waals surface area contributed by atoms with Crippen LogP contribution in [-0.2, 0) is 0 Å². The molecule has 0 unspecified atom stereocenters. The monoisotopic (exact) mass is 209 g/mol. The van der Waals surface area contributed by atoms with Crippen LogP contribution in [0.15, 0.2) is 12.1 Å². The predicted molar refractivity (Wildman–Crippen MR) is 53.4 cm³/mol. The third-order valence-electron chi connectivity index (χ3n) is 2.62. The highest BCUT2D eigenvalue weighted by Gasteiger charge is 2.29. The number of nitrogens with one attached hydrogen (secondary N) is 1. The lowest BCUT2D eigenvalue weighted by atomic mass is 10.0. The molecule has 1 amide bonds. The fraction of sp³-hybridized carbons (Fsp3) is 0.364. The van der Waals surface area contributed by atoms with Crippen molar-refractivity contribution in [1.29, 1.82) is 0 Å². The number of phenolic OH excluding ortho intramolecular Hbond substituents is 1. The predicted octanol–water partition coefficient (Wildman–Crippen LogP) is 1.77. The van der Waals surface area contributed by atoms with E-state index in [1.165, 1.54) is 13.1 Å². The molecule has 1 aliphatic rings. The van der Waals surface area contributed by atoms with E-state index >= 15 is 0 Å². The first-order chi connectivity index (χ1) is 7.15. The van der Waals surface area contributed by atoms with Crippen molar-refractivity contribution in [2.45, 2.75) is 18.8 Å². The Morgan fingerprint density at radius 2 is 2.20 bits per heavy atom. The number of rotatable bonds is 2. The summed E-state index contributed by atoms with van der Waals surface area (Å²) in [5.74, 6) is -1.27. The molecule has 0 bridgehead atoms. The molecule has 1 saturated carbocycles. The van der Waals surface area contributed by atoms with Gasteiger partial charge in [0, 0.05) is 7.05 Å². The number of halogens is 1. The average molecular weight is 209 g/mol. The van der Waals surface area contributed by atoms with Crippen LogP contribution in [0.3, 0.4) is 0 Å². The second-order valence-corrected chi connectivity index (χ2v) is 3.72. The molecule has 1 fully saturated rings. The Kier molecular flexibility index (Phi) is 2.34. The fourth-order valence-electron chi connectivity index (χ4n) is 1.63. The van der Waals surface area contributed by atoms with Crippen molar-refractivity contribution in [3.63, 3.8) is 0 Å². The lowest BCUT2D eigenvalue weighted by Crippen LogP contribution is -2.20. The van der Waals surface area contributed by atoms with Gasteiger partial charge in [-0.15, -0.1) is 0 Å². The number of carbonyl (C=O) groups is 1. The summed E-state index contributed by atoms with van der Waals surface area (Å²) in [6.45, 7) is 0. The van der Waals surface area contributed by atoms with Crippen molar-refractivity contribution in [3.8, 4) is 5.75 Å². The molecule has 80 valence electrons. The molecule has 0 atom stereocenters. The van der Waals surface area contributed by atoms with Crippen LogP contribution in [0.5, 0.6) is 5.75 Å². The van der Waals surface area contributed by atoms with Crippen molar-refractivity contribution in [3.05, 3.63) is 29.1 Å². The van der Waals surface area contributed by atoms with Crippen LogP contribution in [0.2, 0.25) is 0 Å². The molecular formula is C11H12FNO2. The Morgan fingerprint density at radius 3 is 2.73 bits per heavy atom. The Balaban J connectivity index is 2.50. The normalized spacial score (nSPS) is 15.1. The van der Waals surface area contributed by atoms with Crippen molar-refractivity contribution in [2.24, 2.45) is 0 Å². The SMILES string of the molecule is CNC(=O)c1c(O)ccc(C2CC2)c1F. The number of carbonyl (C=O) groups excluding carboxylic acids is 1. The molecule has 0 radical (unpaired) electrons. The Bertz CT molecular complexity index is 413. The number of benzene rings is 1. The molecule has 1 aromatic carbocycles. The van der Waals surface area contributed by atoms with Gasteiger partial charge in [0.2, 0.25) is 0 Å². The first kappa shape index (κ1) is 9.96. The van der Waals surface area contributed by atoms with E-state index in [0.29, 0.717) is 5.56 Å². The first-order valence-corrected chi connectivity index (χ1v) is 4.88. The minimum Gasteiger partial charge on any atom is -0.507 e. The van der Waals surface area contributed by atoms with Gasteiger partial charge in [0.25, 0.3) is 5.91 Å². The van der Waals surface area contributed by atoms with Crippen molar-refractivity contribution in [2.75, 3.05) is 7.05 Å². The quantitative estimate of drug-likeness (QED) is 0.779. The molecule has 0 saturated heterocycles. The summed E-state index contributed by atoms with van der Waals surface area (Å²) < 4.78 is 13.8. The number of hydrogen-bond acceptors (Lipinski definition) is 2. The average Bonchev–Trinajstić information content (AvgIpc) is 3.01. The van der Waals surface area contributed by atoms with Crippen LogP contribution >= 0.6 is 0 Å². The maximum atomic E-state index is 13.8. The summed E-state index contributed by atoms with van der Waals surface area (Å²) in [6.07, 6.45) is 1.91. The summed E-state index contributed by atoms with van der Waals surface area (Å²) in [4.78, 5) is 11.3. The highest BCUT2D eigenvalue weighted by molar-refractivity contribution is 5.97. The molecule has 0 aromatic heterocycles. The van der Waals surface area contributed by atoms with Gasteiger partial charge in [-0.25, -0.2) is 4.39 Å². The van der Waals surface area contributed by atoms with E-state index in [1.54, 1.807) is 6.07 Å². The van der Waals surface area contributed by atoms with Crippen LogP contribution in [0.1, 0.15) is 34.7 Å². The van der Waals surface area contributed by atoms with Gasteiger partial charge in [-0.1, -0.05) is 6.07 Å². The molecule has 15 heavy (non-hydrogen) atoms. The lowest BCUT2D eigenvalue weighted by molar-refractivity contribution is 0.0956. The number of phenols is 1. The summed E-state index contributed by atoms with van der Waals surface area (Å²) in [5.41, 5.74) is 0.285. The van der Waals surface area contributed by atoms with E-state index in [4.69, 9.17) is 0 Å². The second kappa shape index (κ2) is 3.53. The summed E-state index contributed by atoms with van der Waals surface area (Å²) in [5, 5.41) is 11.7. The summed E-state index contributed by atoms with van der Waals surface area (Å²) >= 11 is 0. The molecule has 1 aromatic rings. The van der Waals surface area contributed by atoms with Crippen molar-refractivity contribution in [1.82, 2.24) is 5.32 Å². The standard InChI is InChI=1S/C11H12FNO2/c1-13-11(15)9-8(14)5-4-7(10(9)12)6-2-3-6/h4-6,14H,2-3H2,1H3,(H,13,15). The highest BCUT2D eigenvalue weighted by Crippen LogP contribution is 2.42.